The third-order valence-corrected chi connectivity index (χ3v) is 2.63. The molecule has 0 aromatic heterocycles. The van der Waals surface area contributed by atoms with Crippen LogP contribution in [0.15, 0.2) is 42.5 Å². The molecule has 1 aromatic carbocycles. The van der Waals surface area contributed by atoms with Crippen LogP contribution in [0.3, 0.4) is 0 Å². The lowest BCUT2D eigenvalue weighted by Crippen LogP contribution is -2.44. The highest BCUT2D eigenvalue weighted by Gasteiger charge is 2.22. The summed E-state index contributed by atoms with van der Waals surface area (Å²) in [5.41, 5.74) is 0.544. The number of amides is 3. The van der Waals surface area contributed by atoms with Gasteiger partial charge < -0.3 is 4.90 Å². The number of anilines is 1. The standard InChI is InChI=1S/C13H13N2O2/c16-11-15(12-7-3-1-4-8-12)13(17)14-9-5-2-6-10-14/h1-5,7-8H,6,9-10H2. The molecule has 4 heteroatoms. The van der Waals surface area contributed by atoms with Crippen molar-refractivity contribution < 1.29 is 9.59 Å². The highest BCUT2D eigenvalue weighted by Crippen LogP contribution is 2.14. The molecular formula is C13H13N2O2. The molecule has 3 amide bonds. The second-order valence-corrected chi connectivity index (χ2v) is 3.75. The Kier molecular flexibility index (Phi) is 3.55. The molecule has 0 spiro atoms. The van der Waals surface area contributed by atoms with E-state index in [9.17, 15) is 9.59 Å². The molecule has 0 saturated carbocycles. The summed E-state index contributed by atoms with van der Waals surface area (Å²) in [6.07, 6.45) is 6.47. The summed E-state index contributed by atoms with van der Waals surface area (Å²) in [4.78, 5) is 25.6. The number of hydrogen-bond acceptors (Lipinski definition) is 2. The molecule has 0 saturated heterocycles. The molecule has 17 heavy (non-hydrogen) atoms. The minimum absolute atomic E-state index is 0.324. The van der Waals surface area contributed by atoms with Crippen LogP contribution < -0.4 is 4.90 Å². The molecule has 0 fully saturated rings. The minimum atomic E-state index is -0.324. The molecule has 1 heterocycles. The van der Waals surface area contributed by atoms with Crippen LogP contribution in [0.2, 0.25) is 0 Å². The van der Waals surface area contributed by atoms with Crippen molar-refractivity contribution in [2.75, 3.05) is 18.0 Å². The summed E-state index contributed by atoms with van der Waals surface area (Å²) in [6, 6.07) is 8.49. The topological polar surface area (TPSA) is 40.6 Å². The van der Waals surface area contributed by atoms with Crippen molar-refractivity contribution in [1.29, 1.82) is 0 Å². The van der Waals surface area contributed by atoms with Crippen LogP contribution in [0, 0.1) is 0 Å². The third-order valence-electron chi connectivity index (χ3n) is 2.63. The van der Waals surface area contributed by atoms with Crippen molar-refractivity contribution >= 4 is 18.1 Å². The molecule has 0 unspecified atom stereocenters. The number of imide groups is 1. The van der Waals surface area contributed by atoms with Crippen LogP contribution in [0.25, 0.3) is 0 Å². The van der Waals surface area contributed by atoms with E-state index in [0.717, 1.165) is 11.3 Å². The molecule has 1 aliphatic rings. The maximum absolute atomic E-state index is 12.1. The van der Waals surface area contributed by atoms with E-state index in [2.05, 4.69) is 0 Å². The second-order valence-electron chi connectivity index (χ2n) is 3.75. The number of benzene rings is 1. The first-order chi connectivity index (χ1) is 8.33. The van der Waals surface area contributed by atoms with Gasteiger partial charge in [0.2, 0.25) is 0 Å². The number of urea groups is 1. The summed E-state index contributed by atoms with van der Waals surface area (Å²) in [7, 11) is 0. The highest BCUT2D eigenvalue weighted by atomic mass is 16.2. The number of carbonyl (C=O) groups is 1. The van der Waals surface area contributed by atoms with Gasteiger partial charge in [0.25, 0.3) is 0 Å². The first kappa shape index (κ1) is 11.4. The first-order valence-corrected chi connectivity index (χ1v) is 5.50. The predicted molar refractivity (Wildman–Crippen MR) is 65.3 cm³/mol. The van der Waals surface area contributed by atoms with Crippen LogP contribution in [-0.4, -0.2) is 30.4 Å². The van der Waals surface area contributed by atoms with Crippen LogP contribution in [0.4, 0.5) is 10.5 Å². The average Bonchev–Trinajstić information content (AvgIpc) is 2.42. The lowest BCUT2D eigenvalue weighted by molar-refractivity contribution is 0.212. The SMILES string of the molecule is O=[C]N(C(=O)N1CC=CCC1)c1ccccc1. The second kappa shape index (κ2) is 5.30. The number of para-hydroxylation sites is 1. The van der Waals surface area contributed by atoms with Gasteiger partial charge in [-0.05, 0) is 18.6 Å². The van der Waals surface area contributed by atoms with Gasteiger partial charge in [-0.2, -0.15) is 0 Å². The third kappa shape index (κ3) is 2.53. The maximum atomic E-state index is 12.1. The Labute approximate surface area is 100 Å². The Balaban J connectivity index is 2.16. The van der Waals surface area contributed by atoms with Gasteiger partial charge in [-0.15, -0.1) is 0 Å². The Morgan fingerprint density at radius 3 is 2.59 bits per heavy atom. The van der Waals surface area contributed by atoms with Gasteiger partial charge >= 0.3 is 12.4 Å². The van der Waals surface area contributed by atoms with E-state index in [-0.39, 0.29) is 6.03 Å². The zero-order chi connectivity index (χ0) is 12.1. The van der Waals surface area contributed by atoms with E-state index in [0.29, 0.717) is 18.8 Å². The fraction of sp³-hybridized carbons (Fsp3) is 0.231. The summed E-state index contributed by atoms with van der Waals surface area (Å²) in [5, 5.41) is 0. The normalized spacial score (nSPS) is 14.5. The maximum Gasteiger partial charge on any atom is 0.332 e. The van der Waals surface area contributed by atoms with Gasteiger partial charge in [-0.1, -0.05) is 30.4 Å². The largest absolute Gasteiger partial charge is 0.332 e. The van der Waals surface area contributed by atoms with Crippen molar-refractivity contribution in [3.05, 3.63) is 42.5 Å². The molecule has 1 radical (unpaired) electrons. The Morgan fingerprint density at radius 2 is 2.00 bits per heavy atom. The molecule has 0 bridgehead atoms. The van der Waals surface area contributed by atoms with Gasteiger partial charge in [0.1, 0.15) is 0 Å². The van der Waals surface area contributed by atoms with Crippen molar-refractivity contribution in [3.8, 4) is 0 Å². The molecule has 0 N–H and O–H groups in total. The van der Waals surface area contributed by atoms with Gasteiger partial charge in [-0.25, -0.2) is 9.69 Å². The molecule has 0 aliphatic carbocycles. The molecule has 2 rings (SSSR count). The number of nitrogens with zero attached hydrogens (tertiary/aromatic N) is 2. The molecule has 1 aliphatic heterocycles. The highest BCUT2D eigenvalue weighted by molar-refractivity contribution is 6.06. The van der Waals surface area contributed by atoms with Crippen LogP contribution in [0.1, 0.15) is 6.42 Å². The number of carbonyl (C=O) groups excluding carboxylic acids is 2. The van der Waals surface area contributed by atoms with Crippen LogP contribution in [0.5, 0.6) is 0 Å². The smallest absolute Gasteiger partial charge is 0.320 e. The van der Waals surface area contributed by atoms with Crippen LogP contribution in [-0.2, 0) is 4.79 Å². The van der Waals surface area contributed by atoms with E-state index in [1.807, 2.05) is 18.2 Å². The van der Waals surface area contributed by atoms with E-state index in [1.165, 1.54) is 0 Å². The molecule has 1 aromatic rings. The minimum Gasteiger partial charge on any atom is -0.320 e. The lowest BCUT2D eigenvalue weighted by atomic mass is 10.2. The van der Waals surface area contributed by atoms with Gasteiger partial charge in [-0.3, -0.25) is 4.79 Å². The molecule has 4 nitrogen and oxygen atoms in total. The van der Waals surface area contributed by atoms with E-state index < -0.39 is 0 Å². The molecule has 0 atom stereocenters. The van der Waals surface area contributed by atoms with E-state index in [4.69, 9.17) is 0 Å². The Morgan fingerprint density at radius 1 is 1.24 bits per heavy atom. The summed E-state index contributed by atoms with van der Waals surface area (Å²) >= 11 is 0. The number of hydrogen-bond donors (Lipinski definition) is 0. The quantitative estimate of drug-likeness (QED) is 0.574. The fourth-order valence-electron chi connectivity index (χ4n) is 1.74. The Bertz CT molecular complexity index is 428. The summed E-state index contributed by atoms with van der Waals surface area (Å²) in [6.45, 7) is 1.18. The monoisotopic (exact) mass is 229 g/mol. The fourth-order valence-corrected chi connectivity index (χ4v) is 1.74. The summed E-state index contributed by atoms with van der Waals surface area (Å²) in [5.74, 6) is 0. The summed E-state index contributed by atoms with van der Waals surface area (Å²) < 4.78 is 0. The zero-order valence-electron chi connectivity index (χ0n) is 9.37. The molecule has 87 valence electrons. The zero-order valence-corrected chi connectivity index (χ0v) is 9.37. The molecular weight excluding hydrogens is 216 g/mol. The number of rotatable bonds is 2. The van der Waals surface area contributed by atoms with Crippen molar-refractivity contribution in [1.82, 2.24) is 4.90 Å². The van der Waals surface area contributed by atoms with Crippen molar-refractivity contribution in [2.45, 2.75) is 6.42 Å². The predicted octanol–water partition coefficient (Wildman–Crippen LogP) is 1.94. The van der Waals surface area contributed by atoms with Gasteiger partial charge in [0, 0.05) is 13.1 Å². The first-order valence-electron chi connectivity index (χ1n) is 5.50. The van der Waals surface area contributed by atoms with Crippen LogP contribution >= 0.6 is 0 Å². The average molecular weight is 229 g/mol. The van der Waals surface area contributed by atoms with E-state index in [1.54, 1.807) is 35.6 Å². The Hall–Kier alpha value is -2.10. The van der Waals surface area contributed by atoms with Gasteiger partial charge in [0.05, 0.1) is 5.69 Å². The van der Waals surface area contributed by atoms with E-state index >= 15 is 0 Å². The lowest BCUT2D eigenvalue weighted by Gasteiger charge is -2.27. The van der Waals surface area contributed by atoms with Crippen molar-refractivity contribution in [2.24, 2.45) is 0 Å². The van der Waals surface area contributed by atoms with Gasteiger partial charge in [0.15, 0.2) is 0 Å². The van der Waals surface area contributed by atoms with Crippen molar-refractivity contribution in [3.63, 3.8) is 0 Å².